The van der Waals surface area contributed by atoms with Gasteiger partial charge in [0.1, 0.15) is 5.60 Å². The van der Waals surface area contributed by atoms with E-state index in [9.17, 15) is 24.0 Å². The van der Waals surface area contributed by atoms with Gasteiger partial charge >= 0.3 is 6.09 Å². The molecule has 0 saturated heterocycles. The van der Waals surface area contributed by atoms with E-state index in [1.165, 1.54) is 35.7 Å². The summed E-state index contributed by atoms with van der Waals surface area (Å²) in [5, 5.41) is 0.813. The van der Waals surface area contributed by atoms with Crippen molar-refractivity contribution >= 4 is 40.2 Å². The molecule has 0 bridgehead atoms. The van der Waals surface area contributed by atoms with Crippen LogP contribution >= 0.6 is 11.6 Å². The third-order valence-corrected chi connectivity index (χ3v) is 9.40. The van der Waals surface area contributed by atoms with E-state index >= 15 is 0 Å². The van der Waals surface area contributed by atoms with Crippen LogP contribution < -0.4 is 11.1 Å². The third-order valence-electron chi connectivity index (χ3n) is 9.16. The Hall–Kier alpha value is -4.28. The molecule has 0 aliphatic heterocycles. The molecule has 47 heavy (non-hydrogen) atoms. The number of ether oxygens (including phenoxy) is 2. The Morgan fingerprint density at radius 1 is 0.979 bits per heavy atom. The highest BCUT2D eigenvalue weighted by Crippen LogP contribution is 2.54. The predicted octanol–water partition coefficient (Wildman–Crippen LogP) is 5.90. The van der Waals surface area contributed by atoms with E-state index in [1.54, 1.807) is 45.0 Å². The number of ketones is 2. The van der Waals surface area contributed by atoms with Crippen LogP contribution in [0.5, 0.6) is 0 Å². The Kier molecular flexibility index (Phi) is 8.38. The van der Waals surface area contributed by atoms with E-state index in [0.29, 0.717) is 39.0 Å². The Morgan fingerprint density at radius 3 is 2.40 bits per heavy atom. The van der Waals surface area contributed by atoms with Crippen molar-refractivity contribution in [3.63, 3.8) is 0 Å². The highest BCUT2D eigenvalue weighted by atomic mass is 35.5. The number of hydrogen-bond acceptors (Lipinski definition) is 7. The molecular formula is C36H38ClN3O7. The van der Waals surface area contributed by atoms with Gasteiger partial charge in [0.05, 0.1) is 16.9 Å². The van der Waals surface area contributed by atoms with Crippen LogP contribution in [0.15, 0.2) is 58.3 Å². The third kappa shape index (κ3) is 6.36. The van der Waals surface area contributed by atoms with Gasteiger partial charge in [-0.3, -0.25) is 19.2 Å². The predicted molar refractivity (Wildman–Crippen MR) is 179 cm³/mol. The van der Waals surface area contributed by atoms with Gasteiger partial charge in [-0.2, -0.15) is 4.68 Å². The summed E-state index contributed by atoms with van der Waals surface area (Å²) in [5.41, 5.74) is 1.89. The number of pyridine rings is 1. The molecule has 2 aliphatic rings. The molecule has 10 nitrogen and oxygen atoms in total. The van der Waals surface area contributed by atoms with Gasteiger partial charge in [0.15, 0.2) is 11.6 Å². The van der Waals surface area contributed by atoms with E-state index < -0.39 is 23.3 Å². The summed E-state index contributed by atoms with van der Waals surface area (Å²) in [7, 11) is 2.99. The van der Waals surface area contributed by atoms with Crippen LogP contribution in [-0.4, -0.2) is 50.9 Å². The fourth-order valence-corrected chi connectivity index (χ4v) is 6.79. The molecule has 0 radical (unpaired) electrons. The second kappa shape index (κ2) is 12.1. The molecule has 11 heteroatoms. The lowest BCUT2D eigenvalue weighted by atomic mass is 9.81. The minimum Gasteiger partial charge on any atom is -0.442 e. The molecule has 1 unspecified atom stereocenters. The lowest BCUT2D eigenvalue weighted by Crippen LogP contribution is -2.33. The molecule has 1 fully saturated rings. The number of fused-ring (bicyclic) bond motifs is 4. The van der Waals surface area contributed by atoms with Crippen molar-refractivity contribution in [3.8, 4) is 11.1 Å². The van der Waals surface area contributed by atoms with Gasteiger partial charge in [-0.1, -0.05) is 23.7 Å². The van der Waals surface area contributed by atoms with Crippen molar-refractivity contribution in [2.24, 2.45) is 12.5 Å². The zero-order chi connectivity index (χ0) is 33.8. The minimum absolute atomic E-state index is 0.0653. The topological polar surface area (TPSA) is 119 Å². The summed E-state index contributed by atoms with van der Waals surface area (Å²) < 4.78 is 14.5. The molecule has 4 aromatic rings. The highest BCUT2D eigenvalue weighted by Gasteiger charge is 2.46. The van der Waals surface area contributed by atoms with Crippen LogP contribution in [0, 0.1) is 5.41 Å². The van der Waals surface area contributed by atoms with Crippen LogP contribution in [0.2, 0.25) is 5.02 Å². The largest absolute Gasteiger partial charge is 0.442 e. The van der Waals surface area contributed by atoms with E-state index in [1.807, 2.05) is 12.1 Å². The second-order valence-corrected chi connectivity index (χ2v) is 14.3. The summed E-state index contributed by atoms with van der Waals surface area (Å²) in [4.78, 5) is 67.5. The van der Waals surface area contributed by atoms with Gasteiger partial charge in [-0.05, 0) is 98.4 Å². The highest BCUT2D eigenvalue weighted by molar-refractivity contribution is 6.31. The van der Waals surface area contributed by atoms with Crippen molar-refractivity contribution < 1.29 is 23.9 Å². The Morgan fingerprint density at radius 2 is 1.72 bits per heavy atom. The van der Waals surface area contributed by atoms with Crippen LogP contribution in [0.4, 0.5) is 4.79 Å². The first-order valence-corrected chi connectivity index (χ1v) is 16.1. The number of benzene rings is 2. The van der Waals surface area contributed by atoms with Gasteiger partial charge in [0, 0.05) is 56.5 Å². The number of hydrogen-bond donors (Lipinski definition) is 0. The molecule has 2 aromatic heterocycles. The average molecular weight is 660 g/mol. The van der Waals surface area contributed by atoms with Crippen molar-refractivity contribution in [2.75, 3.05) is 13.7 Å². The fourth-order valence-electron chi connectivity index (χ4n) is 6.62. The summed E-state index contributed by atoms with van der Waals surface area (Å²) in [5.74, 6) is -0.351. The summed E-state index contributed by atoms with van der Waals surface area (Å²) >= 11 is 6.39. The quantitative estimate of drug-likeness (QED) is 0.242. The van der Waals surface area contributed by atoms with E-state index in [2.05, 4.69) is 0 Å². The van der Waals surface area contributed by atoms with Crippen molar-refractivity contribution in [1.82, 2.24) is 13.9 Å². The smallest absolute Gasteiger partial charge is 0.434 e. The standard InChI is InChI=1S/C36H38ClN3O7/c1-35(2,3)47-34(45)40-29-14-21(6-9-24(29)33(44)38(40)4)15-30(41)28(10-13-46-5)39-20-27-26(17-32(39)43)25-16-23(37)8-7-22(25)18-36(11-12-36)19-31(27)42/h6-9,14,16-17,20,28H,10-13,15,18-19H2,1-5H3. The summed E-state index contributed by atoms with van der Waals surface area (Å²) in [6, 6.07) is 11.0. The summed E-state index contributed by atoms with van der Waals surface area (Å²) in [6.07, 6.45) is 3.94. The normalized spacial score (nSPS) is 15.9. The molecule has 0 N–H and O–H groups in total. The number of rotatable bonds is 7. The Balaban J connectivity index is 1.39. The monoisotopic (exact) mass is 659 g/mol. The fraction of sp³-hybridized carbons (Fsp3) is 0.417. The molecule has 1 saturated carbocycles. The second-order valence-electron chi connectivity index (χ2n) is 13.8. The number of Topliss-reactive ketones (excluding diaryl/α,β-unsaturated/α-hetero) is 2. The van der Waals surface area contributed by atoms with Crippen molar-refractivity contribution in [2.45, 2.75) is 70.9 Å². The maximum absolute atomic E-state index is 14.0. The lowest BCUT2D eigenvalue weighted by Gasteiger charge is -2.25. The molecule has 2 aliphatic carbocycles. The van der Waals surface area contributed by atoms with Gasteiger partial charge in [0.2, 0.25) is 0 Å². The average Bonchev–Trinajstić information content (AvgIpc) is 3.70. The molecule has 246 valence electrons. The molecule has 1 atom stereocenters. The number of aromatic nitrogens is 3. The van der Waals surface area contributed by atoms with Crippen LogP contribution in [-0.2, 0) is 34.2 Å². The molecule has 1 spiro atoms. The van der Waals surface area contributed by atoms with Crippen LogP contribution in [0.1, 0.15) is 74.0 Å². The molecule has 0 amide bonds. The van der Waals surface area contributed by atoms with Crippen molar-refractivity contribution in [3.05, 3.63) is 91.1 Å². The van der Waals surface area contributed by atoms with Crippen LogP contribution in [0.25, 0.3) is 22.0 Å². The maximum atomic E-state index is 14.0. The van der Waals surface area contributed by atoms with Gasteiger partial charge in [-0.25, -0.2) is 9.48 Å². The first-order valence-electron chi connectivity index (χ1n) is 15.7. The van der Waals surface area contributed by atoms with Gasteiger partial charge < -0.3 is 14.0 Å². The molecular weight excluding hydrogens is 622 g/mol. The number of carbonyl (C=O) groups is 3. The number of methoxy groups -OCH3 is 1. The van der Waals surface area contributed by atoms with Gasteiger partial charge in [0.25, 0.3) is 11.1 Å². The summed E-state index contributed by atoms with van der Waals surface area (Å²) in [6.45, 7) is 5.40. The van der Waals surface area contributed by atoms with Crippen molar-refractivity contribution in [1.29, 1.82) is 0 Å². The molecule has 2 aromatic carbocycles. The maximum Gasteiger partial charge on any atom is 0.434 e. The zero-order valence-corrected chi connectivity index (χ0v) is 28.0. The lowest BCUT2D eigenvalue weighted by molar-refractivity contribution is -0.122. The van der Waals surface area contributed by atoms with E-state index in [4.69, 9.17) is 21.1 Å². The van der Waals surface area contributed by atoms with Gasteiger partial charge in [-0.15, -0.1) is 0 Å². The Bertz CT molecular complexity index is 2060. The minimum atomic E-state index is -0.931. The van der Waals surface area contributed by atoms with Crippen LogP contribution in [0.3, 0.4) is 0 Å². The number of nitrogens with zero attached hydrogens (tertiary/aromatic N) is 3. The van der Waals surface area contributed by atoms with E-state index in [-0.39, 0.29) is 42.0 Å². The molecule has 2 heterocycles. The number of carbonyl (C=O) groups excluding carboxylic acids is 3. The first-order chi connectivity index (χ1) is 22.2. The SMILES string of the molecule is COCCC(C(=O)Cc1ccc2c(=O)n(C)n(C(=O)OC(C)(C)C)c2c1)n1cc2c(cc1=O)-c1cc(Cl)ccc1CC1(CC1)CC2=O. The van der Waals surface area contributed by atoms with E-state index in [0.717, 1.165) is 35.1 Å². The number of halogens is 1. The molecule has 6 rings (SSSR count). The Labute approximate surface area is 276 Å². The first kappa shape index (κ1) is 32.7. The zero-order valence-electron chi connectivity index (χ0n) is 27.2.